The lowest BCUT2D eigenvalue weighted by Crippen LogP contribution is -2.29. The summed E-state index contributed by atoms with van der Waals surface area (Å²) in [6.07, 6.45) is 0. The Morgan fingerprint density at radius 2 is 1.61 bits per heavy atom. The minimum absolute atomic E-state index is 0.0427. The van der Waals surface area contributed by atoms with Crippen molar-refractivity contribution in [3.63, 3.8) is 0 Å². The SMILES string of the molecule is CCN(CC)c1ccc(C2/C(=C(\O)c3cc(C)c(OC)cc3C)C(=O)C(=O)N2c2cccc(OC)c2)cc1. The number of amides is 1. The van der Waals surface area contributed by atoms with E-state index in [1.54, 1.807) is 44.6 Å². The monoisotopic (exact) mass is 514 g/mol. The van der Waals surface area contributed by atoms with Gasteiger partial charge in [-0.2, -0.15) is 0 Å². The fraction of sp³-hybridized carbons (Fsp3) is 0.290. The van der Waals surface area contributed by atoms with Crippen LogP contribution >= 0.6 is 0 Å². The first-order valence-electron chi connectivity index (χ1n) is 12.7. The van der Waals surface area contributed by atoms with Gasteiger partial charge in [0.05, 0.1) is 25.8 Å². The number of carbonyl (C=O) groups is 2. The van der Waals surface area contributed by atoms with E-state index >= 15 is 0 Å². The molecule has 1 amide bonds. The number of methoxy groups -OCH3 is 2. The van der Waals surface area contributed by atoms with Crippen molar-refractivity contribution < 1.29 is 24.2 Å². The van der Waals surface area contributed by atoms with Gasteiger partial charge in [-0.1, -0.05) is 18.2 Å². The van der Waals surface area contributed by atoms with Crippen molar-refractivity contribution in [2.45, 2.75) is 33.7 Å². The van der Waals surface area contributed by atoms with Gasteiger partial charge in [-0.05, 0) is 80.8 Å². The molecule has 38 heavy (non-hydrogen) atoms. The maximum absolute atomic E-state index is 13.6. The molecule has 3 aromatic carbocycles. The molecule has 0 spiro atoms. The predicted octanol–water partition coefficient (Wildman–Crippen LogP) is 5.79. The zero-order chi connectivity index (χ0) is 27.6. The molecule has 0 bridgehead atoms. The summed E-state index contributed by atoms with van der Waals surface area (Å²) < 4.78 is 10.8. The summed E-state index contributed by atoms with van der Waals surface area (Å²) in [6, 6.07) is 17.6. The summed E-state index contributed by atoms with van der Waals surface area (Å²) in [6.45, 7) is 9.60. The zero-order valence-corrected chi connectivity index (χ0v) is 22.7. The maximum Gasteiger partial charge on any atom is 0.300 e. The van der Waals surface area contributed by atoms with Crippen LogP contribution in [0.2, 0.25) is 0 Å². The van der Waals surface area contributed by atoms with Crippen LogP contribution in [0.1, 0.15) is 42.1 Å². The average molecular weight is 515 g/mol. The normalized spacial score (nSPS) is 16.6. The number of aliphatic hydroxyl groups is 1. The van der Waals surface area contributed by atoms with Gasteiger partial charge < -0.3 is 19.5 Å². The van der Waals surface area contributed by atoms with Gasteiger partial charge in [0.15, 0.2) is 0 Å². The molecule has 1 atom stereocenters. The summed E-state index contributed by atoms with van der Waals surface area (Å²) in [4.78, 5) is 30.7. The molecule has 1 heterocycles. The molecule has 0 aliphatic carbocycles. The van der Waals surface area contributed by atoms with Crippen molar-refractivity contribution in [3.05, 3.63) is 88.5 Å². The first kappa shape index (κ1) is 26.8. The molecule has 1 saturated heterocycles. The molecule has 198 valence electrons. The quantitative estimate of drug-likeness (QED) is 0.233. The van der Waals surface area contributed by atoms with Crippen LogP contribution in [0.3, 0.4) is 0 Å². The molecule has 1 aliphatic heterocycles. The number of ether oxygens (including phenoxy) is 2. The number of hydrogen-bond acceptors (Lipinski definition) is 6. The summed E-state index contributed by atoms with van der Waals surface area (Å²) in [5, 5.41) is 11.6. The number of nitrogens with zero attached hydrogens (tertiary/aromatic N) is 2. The molecule has 1 aliphatic rings. The van der Waals surface area contributed by atoms with Crippen LogP contribution in [0.15, 0.2) is 66.2 Å². The smallest absolute Gasteiger partial charge is 0.300 e. The van der Waals surface area contributed by atoms with Crippen molar-refractivity contribution >= 4 is 28.8 Å². The summed E-state index contributed by atoms with van der Waals surface area (Å²) in [7, 11) is 3.13. The number of ketones is 1. The van der Waals surface area contributed by atoms with Crippen LogP contribution in [-0.4, -0.2) is 44.1 Å². The predicted molar refractivity (Wildman–Crippen MR) is 150 cm³/mol. The molecule has 0 radical (unpaired) electrons. The zero-order valence-electron chi connectivity index (χ0n) is 22.7. The number of aryl methyl sites for hydroxylation is 2. The Morgan fingerprint density at radius 1 is 0.921 bits per heavy atom. The number of carbonyl (C=O) groups excluding carboxylic acids is 2. The van der Waals surface area contributed by atoms with E-state index in [2.05, 4.69) is 18.7 Å². The second kappa shape index (κ2) is 11.0. The number of benzene rings is 3. The van der Waals surface area contributed by atoms with Crippen LogP contribution in [-0.2, 0) is 9.59 Å². The van der Waals surface area contributed by atoms with E-state index in [-0.39, 0.29) is 11.3 Å². The lowest BCUT2D eigenvalue weighted by Gasteiger charge is -2.27. The van der Waals surface area contributed by atoms with Crippen molar-refractivity contribution in [3.8, 4) is 11.5 Å². The standard InChI is InChI=1S/C31H34N2O5/c1-7-32(8-2)22-14-12-21(13-15-22)28-27(29(34)25-16-20(4)26(38-6)17-19(25)3)30(35)31(36)33(28)23-10-9-11-24(18-23)37-5/h9-18,28,34H,7-8H2,1-6H3/b29-27+. The fourth-order valence-electron chi connectivity index (χ4n) is 5.04. The first-order valence-corrected chi connectivity index (χ1v) is 12.7. The molecule has 1 N–H and O–H groups in total. The van der Waals surface area contributed by atoms with E-state index < -0.39 is 17.7 Å². The molecular formula is C31H34N2O5. The van der Waals surface area contributed by atoms with Crippen molar-refractivity contribution in [2.24, 2.45) is 0 Å². The molecule has 1 fully saturated rings. The summed E-state index contributed by atoms with van der Waals surface area (Å²) >= 11 is 0. The van der Waals surface area contributed by atoms with Crippen molar-refractivity contribution in [2.75, 3.05) is 37.1 Å². The van der Waals surface area contributed by atoms with E-state index in [0.717, 1.165) is 29.9 Å². The molecular weight excluding hydrogens is 480 g/mol. The van der Waals surface area contributed by atoms with Gasteiger partial charge in [0.1, 0.15) is 17.3 Å². The number of anilines is 2. The van der Waals surface area contributed by atoms with Crippen molar-refractivity contribution in [1.82, 2.24) is 0 Å². The molecule has 0 aromatic heterocycles. The Kier molecular flexibility index (Phi) is 7.76. The van der Waals surface area contributed by atoms with E-state index in [1.807, 2.05) is 44.2 Å². The van der Waals surface area contributed by atoms with Gasteiger partial charge in [-0.25, -0.2) is 0 Å². The highest BCUT2D eigenvalue weighted by atomic mass is 16.5. The van der Waals surface area contributed by atoms with Crippen LogP contribution in [0, 0.1) is 13.8 Å². The van der Waals surface area contributed by atoms with Crippen LogP contribution in [0.5, 0.6) is 11.5 Å². The molecule has 0 saturated carbocycles. The van der Waals surface area contributed by atoms with Gasteiger partial charge in [0.25, 0.3) is 11.7 Å². The lowest BCUT2D eigenvalue weighted by atomic mass is 9.92. The fourth-order valence-corrected chi connectivity index (χ4v) is 5.04. The van der Waals surface area contributed by atoms with Crippen LogP contribution < -0.4 is 19.3 Å². The third kappa shape index (κ3) is 4.72. The van der Waals surface area contributed by atoms with E-state index in [4.69, 9.17) is 9.47 Å². The topological polar surface area (TPSA) is 79.3 Å². The second-order valence-corrected chi connectivity index (χ2v) is 9.27. The summed E-state index contributed by atoms with van der Waals surface area (Å²) in [5.74, 6) is -0.424. The minimum atomic E-state index is -0.824. The number of aliphatic hydroxyl groups excluding tert-OH is 1. The number of rotatable bonds is 8. The van der Waals surface area contributed by atoms with Gasteiger partial charge in [-0.3, -0.25) is 14.5 Å². The van der Waals surface area contributed by atoms with E-state index in [1.165, 1.54) is 4.90 Å². The minimum Gasteiger partial charge on any atom is -0.507 e. The first-order chi connectivity index (χ1) is 18.2. The summed E-state index contributed by atoms with van der Waals surface area (Å²) in [5.41, 5.74) is 4.32. The molecule has 7 heteroatoms. The van der Waals surface area contributed by atoms with Gasteiger partial charge in [-0.15, -0.1) is 0 Å². The number of hydrogen-bond donors (Lipinski definition) is 1. The third-order valence-corrected chi connectivity index (χ3v) is 7.11. The Balaban J connectivity index is 1.94. The van der Waals surface area contributed by atoms with E-state index in [0.29, 0.717) is 28.3 Å². The molecule has 7 nitrogen and oxygen atoms in total. The van der Waals surface area contributed by atoms with Crippen molar-refractivity contribution in [1.29, 1.82) is 0 Å². The third-order valence-electron chi connectivity index (χ3n) is 7.11. The van der Waals surface area contributed by atoms with Gasteiger partial charge >= 0.3 is 0 Å². The Hall–Kier alpha value is -4.26. The Morgan fingerprint density at radius 3 is 2.21 bits per heavy atom. The molecule has 1 unspecified atom stereocenters. The maximum atomic E-state index is 13.6. The van der Waals surface area contributed by atoms with Crippen LogP contribution in [0.25, 0.3) is 5.76 Å². The highest BCUT2D eigenvalue weighted by Crippen LogP contribution is 2.44. The Bertz CT molecular complexity index is 1390. The largest absolute Gasteiger partial charge is 0.507 e. The second-order valence-electron chi connectivity index (χ2n) is 9.27. The van der Waals surface area contributed by atoms with Crippen LogP contribution in [0.4, 0.5) is 11.4 Å². The van der Waals surface area contributed by atoms with Gasteiger partial charge in [0.2, 0.25) is 0 Å². The number of Topliss-reactive ketones (excluding diaryl/α,β-unsaturated/α-hetero) is 1. The Labute approximate surface area is 223 Å². The average Bonchev–Trinajstić information content (AvgIpc) is 3.20. The lowest BCUT2D eigenvalue weighted by molar-refractivity contribution is -0.132. The highest BCUT2D eigenvalue weighted by molar-refractivity contribution is 6.51. The molecule has 4 rings (SSSR count). The molecule has 3 aromatic rings. The highest BCUT2D eigenvalue weighted by Gasteiger charge is 2.47. The van der Waals surface area contributed by atoms with E-state index in [9.17, 15) is 14.7 Å². The van der Waals surface area contributed by atoms with Gasteiger partial charge in [0, 0.05) is 36.1 Å².